The van der Waals surface area contributed by atoms with E-state index >= 15 is 0 Å². The number of fused-ring (bicyclic) bond motifs is 3. The Labute approximate surface area is 103 Å². The van der Waals surface area contributed by atoms with Crippen molar-refractivity contribution in [3.8, 4) is 0 Å². The average Bonchev–Trinajstić information content (AvgIpc) is 2.34. The van der Waals surface area contributed by atoms with E-state index in [1.165, 1.54) is 17.5 Å². The van der Waals surface area contributed by atoms with Gasteiger partial charge in [0.15, 0.2) is 0 Å². The van der Waals surface area contributed by atoms with E-state index in [0.717, 1.165) is 25.9 Å². The zero-order chi connectivity index (χ0) is 11.8. The van der Waals surface area contributed by atoms with Gasteiger partial charge in [0.05, 0.1) is 0 Å². The van der Waals surface area contributed by atoms with Crippen molar-refractivity contribution in [2.45, 2.75) is 38.8 Å². The van der Waals surface area contributed by atoms with Gasteiger partial charge in [0.2, 0.25) is 0 Å². The zero-order valence-electron chi connectivity index (χ0n) is 10.4. The number of benzene rings is 1. The molecule has 2 atom stereocenters. The number of piperidine rings is 2. The van der Waals surface area contributed by atoms with Crippen LogP contribution >= 0.6 is 0 Å². The third-order valence-corrected chi connectivity index (χ3v) is 4.22. The first kappa shape index (κ1) is 11.0. The molecule has 17 heavy (non-hydrogen) atoms. The number of carbonyl (C=O) groups is 1. The summed E-state index contributed by atoms with van der Waals surface area (Å²) >= 11 is 0. The van der Waals surface area contributed by atoms with Crippen LogP contribution in [0.4, 0.5) is 0 Å². The second-order valence-corrected chi connectivity index (χ2v) is 5.51. The summed E-state index contributed by atoms with van der Waals surface area (Å²) in [6.07, 6.45) is 3.12. The molecule has 2 saturated heterocycles. The van der Waals surface area contributed by atoms with Crippen molar-refractivity contribution in [3.05, 3.63) is 35.4 Å². The third-order valence-electron chi connectivity index (χ3n) is 4.22. The molecule has 0 radical (unpaired) electrons. The summed E-state index contributed by atoms with van der Waals surface area (Å²) in [6.45, 7) is 4.11. The minimum absolute atomic E-state index is 0.324. The molecule has 0 amide bonds. The van der Waals surface area contributed by atoms with E-state index in [4.69, 9.17) is 0 Å². The molecule has 1 aromatic rings. The van der Waals surface area contributed by atoms with Crippen LogP contribution in [0.2, 0.25) is 0 Å². The topological polar surface area (TPSA) is 20.3 Å². The van der Waals surface area contributed by atoms with E-state index in [9.17, 15) is 4.79 Å². The molecule has 2 aliphatic heterocycles. The van der Waals surface area contributed by atoms with Crippen molar-refractivity contribution < 1.29 is 4.79 Å². The molecule has 2 unspecified atom stereocenters. The molecular weight excluding hydrogens is 210 g/mol. The number of carbonyl (C=O) groups excluding carboxylic acids is 1. The lowest BCUT2D eigenvalue weighted by Crippen LogP contribution is -2.51. The Kier molecular flexibility index (Phi) is 2.75. The minimum Gasteiger partial charge on any atom is -0.299 e. The molecule has 2 heteroatoms. The summed E-state index contributed by atoms with van der Waals surface area (Å²) in [5.74, 6) is 0.826. The molecular formula is C15H19NO. The van der Waals surface area contributed by atoms with Gasteiger partial charge in [-0.3, -0.25) is 9.69 Å². The van der Waals surface area contributed by atoms with E-state index in [2.05, 4.69) is 36.1 Å². The van der Waals surface area contributed by atoms with Crippen LogP contribution < -0.4 is 0 Å². The summed E-state index contributed by atoms with van der Waals surface area (Å²) in [4.78, 5) is 14.2. The highest BCUT2D eigenvalue weighted by Gasteiger charge is 2.38. The number of Topliss-reactive ketones (excluding diaryl/α,β-unsaturated/α-hetero) is 1. The highest BCUT2D eigenvalue weighted by atomic mass is 16.1. The maximum absolute atomic E-state index is 11.7. The molecule has 90 valence electrons. The molecule has 4 rings (SSSR count). The van der Waals surface area contributed by atoms with Gasteiger partial charge in [-0.15, -0.1) is 0 Å². The predicted octanol–water partition coefficient (Wildman–Crippen LogP) is 2.55. The zero-order valence-corrected chi connectivity index (χ0v) is 10.4. The van der Waals surface area contributed by atoms with Crippen molar-refractivity contribution in [2.24, 2.45) is 5.92 Å². The Morgan fingerprint density at radius 1 is 1.24 bits per heavy atom. The Morgan fingerprint density at radius 2 is 2.00 bits per heavy atom. The molecule has 0 aromatic heterocycles. The fraction of sp³-hybridized carbons (Fsp3) is 0.533. The largest absolute Gasteiger partial charge is 0.299 e. The van der Waals surface area contributed by atoms with Crippen LogP contribution in [0, 0.1) is 12.8 Å². The van der Waals surface area contributed by atoms with Crippen molar-refractivity contribution in [1.82, 2.24) is 4.90 Å². The molecule has 1 aromatic carbocycles. The lowest BCUT2D eigenvalue weighted by atomic mass is 9.79. The summed E-state index contributed by atoms with van der Waals surface area (Å²) < 4.78 is 0. The highest BCUT2D eigenvalue weighted by Crippen LogP contribution is 2.33. The number of nitrogens with zero attached hydrogens (tertiary/aromatic N) is 1. The van der Waals surface area contributed by atoms with Crippen LogP contribution in [0.15, 0.2) is 24.3 Å². The monoisotopic (exact) mass is 229 g/mol. The van der Waals surface area contributed by atoms with Crippen molar-refractivity contribution in [2.75, 3.05) is 6.54 Å². The van der Waals surface area contributed by atoms with E-state index < -0.39 is 0 Å². The fourth-order valence-electron chi connectivity index (χ4n) is 3.11. The van der Waals surface area contributed by atoms with Gasteiger partial charge in [-0.05, 0) is 25.3 Å². The van der Waals surface area contributed by atoms with Gasteiger partial charge in [-0.25, -0.2) is 0 Å². The lowest BCUT2D eigenvalue weighted by molar-refractivity contribution is -0.132. The van der Waals surface area contributed by atoms with Crippen molar-refractivity contribution in [1.29, 1.82) is 0 Å². The molecule has 2 heterocycles. The average molecular weight is 229 g/mol. The normalized spacial score (nSPS) is 28.6. The van der Waals surface area contributed by atoms with Gasteiger partial charge in [0, 0.05) is 31.5 Å². The molecule has 2 bridgehead atoms. The maximum Gasteiger partial charge on any atom is 0.138 e. The van der Waals surface area contributed by atoms with Crippen LogP contribution in [0.5, 0.6) is 0 Å². The molecule has 3 fully saturated rings. The first-order valence-electron chi connectivity index (χ1n) is 6.54. The molecule has 0 N–H and O–H groups in total. The summed E-state index contributed by atoms with van der Waals surface area (Å²) in [7, 11) is 0. The Hall–Kier alpha value is -1.15. The summed E-state index contributed by atoms with van der Waals surface area (Å²) in [6, 6.07) is 9.26. The van der Waals surface area contributed by atoms with E-state index in [-0.39, 0.29) is 0 Å². The van der Waals surface area contributed by atoms with Crippen LogP contribution in [-0.2, 0) is 11.3 Å². The number of rotatable bonds is 2. The van der Waals surface area contributed by atoms with Crippen LogP contribution in [0.25, 0.3) is 0 Å². The van der Waals surface area contributed by atoms with Gasteiger partial charge < -0.3 is 0 Å². The Balaban J connectivity index is 1.70. The molecule has 0 spiro atoms. The molecule has 2 nitrogen and oxygen atoms in total. The van der Waals surface area contributed by atoms with E-state index in [1.54, 1.807) is 0 Å². The number of ketones is 1. The maximum atomic E-state index is 11.7. The van der Waals surface area contributed by atoms with E-state index in [0.29, 0.717) is 17.7 Å². The van der Waals surface area contributed by atoms with Crippen molar-refractivity contribution in [3.63, 3.8) is 0 Å². The Morgan fingerprint density at radius 3 is 2.59 bits per heavy atom. The third kappa shape index (κ3) is 2.14. The molecule has 1 aliphatic carbocycles. The van der Waals surface area contributed by atoms with Crippen LogP contribution in [0.1, 0.15) is 30.4 Å². The first-order valence-corrected chi connectivity index (χ1v) is 6.54. The standard InChI is InChI=1S/C15H19NO/c1-11-2-4-12(5-3-11)9-16-10-13-6-7-14(16)8-15(13)17/h2-5,13-14H,6-10H2,1H3. The predicted molar refractivity (Wildman–Crippen MR) is 67.7 cm³/mol. The SMILES string of the molecule is Cc1ccc(CN2CC3CCC2CC3=O)cc1. The number of aryl methyl sites for hydroxylation is 1. The lowest BCUT2D eigenvalue weighted by Gasteiger charge is -2.44. The van der Waals surface area contributed by atoms with Gasteiger partial charge in [0.25, 0.3) is 0 Å². The van der Waals surface area contributed by atoms with Crippen LogP contribution in [0.3, 0.4) is 0 Å². The van der Waals surface area contributed by atoms with Gasteiger partial charge >= 0.3 is 0 Å². The summed E-state index contributed by atoms with van der Waals surface area (Å²) in [5, 5.41) is 0. The number of hydrogen-bond acceptors (Lipinski definition) is 2. The van der Waals surface area contributed by atoms with E-state index in [1.807, 2.05) is 0 Å². The van der Waals surface area contributed by atoms with Crippen molar-refractivity contribution >= 4 is 5.78 Å². The van der Waals surface area contributed by atoms with Gasteiger partial charge in [-0.1, -0.05) is 29.8 Å². The number of hydrogen-bond donors (Lipinski definition) is 0. The quantitative estimate of drug-likeness (QED) is 0.776. The van der Waals surface area contributed by atoms with Gasteiger partial charge in [-0.2, -0.15) is 0 Å². The first-order chi connectivity index (χ1) is 8.22. The molecule has 1 saturated carbocycles. The van der Waals surface area contributed by atoms with Crippen LogP contribution in [-0.4, -0.2) is 23.3 Å². The molecule has 3 aliphatic rings. The van der Waals surface area contributed by atoms with Gasteiger partial charge in [0.1, 0.15) is 5.78 Å². The Bertz CT molecular complexity index is 423. The highest BCUT2D eigenvalue weighted by molar-refractivity contribution is 5.83. The second-order valence-electron chi connectivity index (χ2n) is 5.51. The minimum atomic E-state index is 0.324. The second kappa shape index (κ2) is 4.26. The summed E-state index contributed by atoms with van der Waals surface area (Å²) in [5.41, 5.74) is 2.68. The smallest absolute Gasteiger partial charge is 0.138 e. The fourth-order valence-corrected chi connectivity index (χ4v) is 3.11.